The third kappa shape index (κ3) is 19.1. The average molecular weight is 1220 g/mol. The first kappa shape index (κ1) is 68.0. The summed E-state index contributed by atoms with van der Waals surface area (Å²) in [6.45, 7) is 13.8. The molecule has 26 heteroatoms. The smallest absolute Gasteiger partial charge is 0.313 e. The number of hydrogen-bond acceptors (Lipinski definition) is 20. The monoisotopic (exact) mass is 1220 g/mol. The number of likely N-dealkylation sites (N-methyl/N-ethyl adjacent to an activating group) is 1. The fraction of sp³-hybridized carbons (Fsp3) is 0.649. The molecule has 2 aromatic rings. The van der Waals surface area contributed by atoms with E-state index in [2.05, 4.69) is 15.6 Å². The predicted molar refractivity (Wildman–Crippen MR) is 311 cm³/mol. The van der Waals surface area contributed by atoms with E-state index in [0.29, 0.717) is 17.1 Å². The van der Waals surface area contributed by atoms with Crippen molar-refractivity contribution < 1.29 is 76.8 Å². The molecule has 3 N–H and O–H groups in total. The summed E-state index contributed by atoms with van der Waals surface area (Å²) in [7, 11) is 5.32. The van der Waals surface area contributed by atoms with Gasteiger partial charge in [-0.05, 0) is 70.3 Å². The van der Waals surface area contributed by atoms with Gasteiger partial charge in [0.2, 0.25) is 35.4 Å². The van der Waals surface area contributed by atoms with Crippen LogP contribution in [0.25, 0.3) is 0 Å². The van der Waals surface area contributed by atoms with Crippen molar-refractivity contribution in [1.82, 2.24) is 29.9 Å². The minimum Gasteiger partial charge on any atom is -0.481 e. The number of thiazole rings is 1. The van der Waals surface area contributed by atoms with Gasteiger partial charge in [0.15, 0.2) is 17.6 Å². The summed E-state index contributed by atoms with van der Waals surface area (Å²) in [5.74, 6) is -7.36. The molecule has 3 aliphatic rings. The molecule has 0 aliphatic carbocycles. The molecule has 5 rings (SSSR count). The van der Waals surface area contributed by atoms with Crippen LogP contribution in [0.5, 0.6) is 5.75 Å². The Kier molecular flexibility index (Phi) is 25.7. The molecule has 4 bridgehead atoms. The van der Waals surface area contributed by atoms with Gasteiger partial charge in [0, 0.05) is 68.1 Å². The van der Waals surface area contributed by atoms with Crippen LogP contribution in [0.3, 0.4) is 0 Å². The van der Waals surface area contributed by atoms with Gasteiger partial charge < -0.3 is 39.6 Å². The lowest BCUT2D eigenvalue weighted by Gasteiger charge is -2.38. The normalized spacial score (nSPS) is 20.5. The Morgan fingerprint density at radius 1 is 0.880 bits per heavy atom. The zero-order valence-electron chi connectivity index (χ0n) is 49.4. The van der Waals surface area contributed by atoms with Crippen LogP contribution in [0.2, 0.25) is 0 Å². The van der Waals surface area contributed by atoms with Gasteiger partial charge in [-0.2, -0.15) is 0 Å². The molecule has 2 fully saturated rings. The number of carboxylic acid groups (broad SMARTS) is 1. The van der Waals surface area contributed by atoms with E-state index in [9.17, 15) is 57.8 Å². The third-order valence-corrected chi connectivity index (χ3v) is 19.0. The fourth-order valence-electron chi connectivity index (χ4n) is 9.59. The van der Waals surface area contributed by atoms with Gasteiger partial charge in [-0.25, -0.2) is 4.98 Å². The van der Waals surface area contributed by atoms with Crippen LogP contribution in [0.4, 0.5) is 5.69 Å². The van der Waals surface area contributed by atoms with E-state index in [4.69, 9.17) is 18.9 Å². The number of rotatable bonds is 20. The minimum atomic E-state index is -1.12. The molecule has 1 aromatic carbocycles. The number of nitrogens with zero attached hydrogens (tertiary/aromatic N) is 5. The molecule has 2 saturated heterocycles. The number of hydrogen-bond donors (Lipinski definition) is 3. The molecule has 458 valence electrons. The largest absolute Gasteiger partial charge is 0.481 e. The minimum absolute atomic E-state index is 0.0194. The molecule has 1 aromatic heterocycles. The standard InChI is InChI=1S/C57H81N7O16S3/c1-12-33(4)38(26-46(66)57(7,8)61(9)10)53(72)62(11)41(32(2)3)27-43(79-35(6)65)52-60-40(30-81-52)51(71)58-37(23-34(5)56(75)76)24-36-13-14-42-39(25-36)59-47(67)15-19-77-21-17-63-48(68)28-44(54(63)73)82-31-83-45-29-49(69)64(55(45)74)18-22-78-20-16-50(70)80-42/h13-14,25,30,32-34,37-38,41,43-45H,12,15-24,26-29,31H2,1-11H3,(H,58,71)(H,59,67)(H,75,76)/t33-,34?,37+,38-,41+,43+,44?,45?/m0/s1. The van der Waals surface area contributed by atoms with Crippen molar-refractivity contribution in [2.45, 2.75) is 147 Å². The van der Waals surface area contributed by atoms with Crippen molar-refractivity contribution in [2.75, 3.05) is 71.1 Å². The molecular formula is C57H81N7O16S3. The van der Waals surface area contributed by atoms with E-state index >= 15 is 0 Å². The number of esters is 2. The Hall–Kier alpha value is -5.80. The Morgan fingerprint density at radius 3 is 2.04 bits per heavy atom. The second kappa shape index (κ2) is 31.4. The lowest BCUT2D eigenvalue weighted by Crippen LogP contribution is -2.50. The van der Waals surface area contributed by atoms with Crippen LogP contribution >= 0.6 is 34.9 Å². The van der Waals surface area contributed by atoms with Crippen LogP contribution in [0.1, 0.15) is 134 Å². The van der Waals surface area contributed by atoms with Gasteiger partial charge in [0.05, 0.1) is 80.0 Å². The summed E-state index contributed by atoms with van der Waals surface area (Å²) in [5.41, 5.74) is -0.299. The van der Waals surface area contributed by atoms with Crippen molar-refractivity contribution in [3.8, 4) is 5.75 Å². The number of carbonyl (C=O) groups is 11. The number of ether oxygens (including phenoxy) is 4. The van der Waals surface area contributed by atoms with Crippen LogP contribution in [0.15, 0.2) is 23.6 Å². The molecule has 7 amide bonds. The maximum absolute atomic E-state index is 14.4. The second-order valence-electron chi connectivity index (χ2n) is 22.3. The second-order valence-corrected chi connectivity index (χ2v) is 25.9. The number of amides is 7. The fourth-order valence-corrected chi connectivity index (χ4v) is 13.1. The molecule has 0 spiro atoms. The molecule has 3 unspecified atom stereocenters. The summed E-state index contributed by atoms with van der Waals surface area (Å²) >= 11 is 3.52. The highest BCUT2D eigenvalue weighted by atomic mass is 32.2. The predicted octanol–water partition coefficient (Wildman–Crippen LogP) is 5.38. The number of benzene rings is 1. The van der Waals surface area contributed by atoms with E-state index < -0.39 is 81.7 Å². The highest BCUT2D eigenvalue weighted by Crippen LogP contribution is 2.36. The number of Topliss-reactive ketones (excluding diaryl/α,β-unsaturated/α-hetero) is 1. The number of anilines is 1. The molecule has 4 heterocycles. The summed E-state index contributed by atoms with van der Waals surface area (Å²) in [6.07, 6.45) is -0.661. The Morgan fingerprint density at radius 2 is 1.48 bits per heavy atom. The zero-order chi connectivity index (χ0) is 61.5. The molecule has 23 nitrogen and oxygen atoms in total. The lowest BCUT2D eigenvalue weighted by atomic mass is 9.81. The van der Waals surface area contributed by atoms with Crippen LogP contribution in [-0.2, 0) is 68.6 Å². The number of aliphatic carboxylic acids is 1. The zero-order valence-corrected chi connectivity index (χ0v) is 51.8. The summed E-state index contributed by atoms with van der Waals surface area (Å²) in [6, 6.07) is 3.21. The van der Waals surface area contributed by atoms with Gasteiger partial charge in [-0.15, -0.1) is 34.9 Å². The number of ketones is 1. The highest BCUT2D eigenvalue weighted by molar-refractivity contribution is 8.17. The first-order chi connectivity index (χ1) is 39.1. The SMILES string of the molecule is CC[C@H](C)[C@H](CC(=O)C(C)(C)N(C)C)C(=O)N(C)[C@H](C[C@@H](OC(C)=O)c1nc(C(=O)N[C@@H](Cc2ccc3c(c2)NC(=O)CCOCCN2C(=O)CC(SCSC4CC(=O)N(CCOCCC(=O)O3)C4=O)C2=O)CC(C)C(=O)O)cs1)C(C)C. The molecule has 8 atom stereocenters. The summed E-state index contributed by atoms with van der Waals surface area (Å²) < 4.78 is 22.8. The molecule has 3 aliphatic heterocycles. The van der Waals surface area contributed by atoms with Gasteiger partial charge in [-0.1, -0.05) is 47.1 Å². The van der Waals surface area contributed by atoms with Crippen molar-refractivity contribution >= 4 is 106 Å². The van der Waals surface area contributed by atoms with E-state index in [0.717, 1.165) is 21.1 Å². The first-order valence-electron chi connectivity index (χ1n) is 28.0. The van der Waals surface area contributed by atoms with Gasteiger partial charge >= 0.3 is 17.9 Å². The first-order valence-corrected chi connectivity index (χ1v) is 30.9. The van der Waals surface area contributed by atoms with E-state index in [-0.39, 0.29) is 154 Å². The number of aromatic nitrogens is 1. The summed E-state index contributed by atoms with van der Waals surface area (Å²) in [5, 5.41) is 16.4. The van der Waals surface area contributed by atoms with Crippen molar-refractivity contribution in [3.63, 3.8) is 0 Å². The number of carbonyl (C=O) groups excluding carboxylic acids is 10. The average Bonchev–Trinajstić information content (AvgIpc) is 4.34. The number of thioether (sulfide) groups is 2. The van der Waals surface area contributed by atoms with Crippen molar-refractivity contribution in [2.24, 2.45) is 23.7 Å². The molecule has 0 radical (unpaired) electrons. The topological polar surface area (TPSA) is 295 Å². The highest BCUT2D eigenvalue weighted by Gasteiger charge is 2.42. The molecule has 83 heavy (non-hydrogen) atoms. The maximum Gasteiger partial charge on any atom is 0.313 e. The number of nitrogens with one attached hydrogen (secondary N) is 2. The lowest BCUT2D eigenvalue weighted by molar-refractivity contribution is -0.150. The van der Waals surface area contributed by atoms with Crippen molar-refractivity contribution in [1.29, 1.82) is 0 Å². The van der Waals surface area contributed by atoms with Crippen LogP contribution in [-0.4, -0.2) is 189 Å². The molecular weight excluding hydrogens is 1130 g/mol. The van der Waals surface area contributed by atoms with Gasteiger partial charge in [0.1, 0.15) is 10.7 Å². The van der Waals surface area contributed by atoms with Crippen molar-refractivity contribution in [3.05, 3.63) is 39.8 Å². The molecule has 0 saturated carbocycles. The Labute approximate surface area is 497 Å². The number of fused-ring (bicyclic) bond motifs is 5. The van der Waals surface area contributed by atoms with Gasteiger partial charge in [-0.3, -0.25) is 67.4 Å². The summed E-state index contributed by atoms with van der Waals surface area (Å²) in [4.78, 5) is 156. The van der Waals surface area contributed by atoms with Gasteiger partial charge in [0.25, 0.3) is 5.91 Å². The van der Waals surface area contributed by atoms with Crippen LogP contribution in [0, 0.1) is 23.7 Å². The maximum atomic E-state index is 14.4. The third-order valence-electron chi connectivity index (χ3n) is 15.5. The van der Waals surface area contributed by atoms with Crippen LogP contribution < -0.4 is 15.4 Å². The number of imide groups is 2. The number of carboxylic acids is 1. The Bertz CT molecular complexity index is 2700. The van der Waals surface area contributed by atoms with E-state index in [1.807, 2.05) is 60.5 Å². The quantitative estimate of drug-likeness (QED) is 0.0851. The van der Waals surface area contributed by atoms with E-state index in [1.165, 1.54) is 54.9 Å². The van der Waals surface area contributed by atoms with E-state index in [1.54, 1.807) is 18.0 Å². The Balaban J connectivity index is 1.34.